The van der Waals surface area contributed by atoms with Crippen LogP contribution in [-0.4, -0.2) is 27.7 Å². The van der Waals surface area contributed by atoms with Crippen molar-refractivity contribution in [1.29, 1.82) is 0 Å². The van der Waals surface area contributed by atoms with Crippen LogP contribution in [0.5, 0.6) is 0 Å². The minimum atomic E-state index is -2.11. The SMILES string of the molecule is CCOS(=O)ON1C(=O)C=CC1=O. The van der Waals surface area contributed by atoms with Gasteiger partial charge in [0.05, 0.1) is 6.61 Å². The van der Waals surface area contributed by atoms with E-state index in [0.717, 1.165) is 12.2 Å². The summed E-state index contributed by atoms with van der Waals surface area (Å²) >= 11 is -2.11. The van der Waals surface area contributed by atoms with Gasteiger partial charge in [0.1, 0.15) is 0 Å². The normalized spacial score (nSPS) is 18.4. The monoisotopic (exact) mass is 205 g/mol. The van der Waals surface area contributed by atoms with Gasteiger partial charge in [-0.2, -0.15) is 4.21 Å². The van der Waals surface area contributed by atoms with Crippen molar-refractivity contribution in [2.75, 3.05) is 6.61 Å². The quantitative estimate of drug-likeness (QED) is 0.576. The molecule has 72 valence electrons. The van der Waals surface area contributed by atoms with Crippen LogP contribution in [0.25, 0.3) is 0 Å². The molecule has 0 aromatic heterocycles. The lowest BCUT2D eigenvalue weighted by molar-refractivity contribution is -0.162. The Morgan fingerprint density at radius 2 is 1.92 bits per heavy atom. The van der Waals surface area contributed by atoms with Crippen molar-refractivity contribution in [3.63, 3.8) is 0 Å². The van der Waals surface area contributed by atoms with Gasteiger partial charge in [-0.3, -0.25) is 13.8 Å². The molecule has 0 saturated carbocycles. The molecule has 7 heteroatoms. The molecule has 2 amide bonds. The smallest absolute Gasteiger partial charge is 0.267 e. The van der Waals surface area contributed by atoms with E-state index in [1.807, 2.05) is 0 Å². The molecule has 1 aliphatic heterocycles. The summed E-state index contributed by atoms with van der Waals surface area (Å²) in [6.07, 6.45) is 2.04. The minimum absolute atomic E-state index is 0.163. The highest BCUT2D eigenvalue weighted by molar-refractivity contribution is 7.75. The summed E-state index contributed by atoms with van der Waals surface area (Å²) in [4.78, 5) is 21.7. The van der Waals surface area contributed by atoms with Crippen LogP contribution in [0.2, 0.25) is 0 Å². The highest BCUT2D eigenvalue weighted by Crippen LogP contribution is 2.06. The van der Waals surface area contributed by atoms with E-state index in [0.29, 0.717) is 5.06 Å². The van der Waals surface area contributed by atoms with E-state index >= 15 is 0 Å². The average Bonchev–Trinajstić information content (AvgIpc) is 2.36. The Morgan fingerprint density at radius 1 is 1.38 bits per heavy atom. The van der Waals surface area contributed by atoms with E-state index in [4.69, 9.17) is 0 Å². The first kappa shape index (κ1) is 10.0. The molecule has 0 aromatic rings. The van der Waals surface area contributed by atoms with Crippen LogP contribution in [0.1, 0.15) is 6.92 Å². The predicted molar refractivity (Wildman–Crippen MR) is 41.8 cm³/mol. The predicted octanol–water partition coefficient (Wildman–Crippen LogP) is -0.542. The Hall–Kier alpha value is -1.05. The van der Waals surface area contributed by atoms with Crippen LogP contribution in [0, 0.1) is 0 Å². The molecule has 0 aliphatic carbocycles. The minimum Gasteiger partial charge on any atom is -0.267 e. The van der Waals surface area contributed by atoms with Crippen LogP contribution >= 0.6 is 0 Å². The Labute approximate surface area is 76.9 Å². The molecular formula is C6H7NO5S. The Balaban J connectivity index is 2.50. The molecule has 0 aromatic carbocycles. The number of nitrogens with zero attached hydrogens (tertiary/aromatic N) is 1. The van der Waals surface area contributed by atoms with Crippen molar-refractivity contribution in [3.05, 3.63) is 12.2 Å². The lowest BCUT2D eigenvalue weighted by Gasteiger charge is -2.09. The number of amides is 2. The number of hydrogen-bond acceptors (Lipinski definition) is 5. The second kappa shape index (κ2) is 4.26. The zero-order chi connectivity index (χ0) is 9.84. The van der Waals surface area contributed by atoms with Gasteiger partial charge in [0.25, 0.3) is 11.8 Å². The summed E-state index contributed by atoms with van der Waals surface area (Å²) in [5.74, 6) is -1.34. The summed E-state index contributed by atoms with van der Waals surface area (Å²) in [5, 5.41) is 0.381. The molecule has 1 rings (SSSR count). The van der Waals surface area contributed by atoms with Crippen molar-refractivity contribution in [3.8, 4) is 0 Å². The first-order valence-corrected chi connectivity index (χ1v) is 4.44. The standard InChI is InChI=1S/C6H7NO5S/c1-2-11-13(10)12-7-5(8)3-4-6(7)9/h3-4H,2H2,1H3. The lowest BCUT2D eigenvalue weighted by Crippen LogP contribution is -2.31. The molecule has 1 heterocycles. The van der Waals surface area contributed by atoms with Crippen molar-refractivity contribution in [2.24, 2.45) is 0 Å². The molecule has 0 saturated heterocycles. The van der Waals surface area contributed by atoms with Gasteiger partial charge in [0.15, 0.2) is 0 Å². The van der Waals surface area contributed by atoms with Crippen LogP contribution in [0.3, 0.4) is 0 Å². The third-order valence-electron chi connectivity index (χ3n) is 1.12. The van der Waals surface area contributed by atoms with E-state index in [1.165, 1.54) is 0 Å². The van der Waals surface area contributed by atoms with Crippen molar-refractivity contribution < 1.29 is 22.3 Å². The number of rotatable bonds is 4. The number of hydrogen-bond donors (Lipinski definition) is 0. The maximum absolute atomic E-state index is 10.8. The van der Waals surface area contributed by atoms with E-state index in [1.54, 1.807) is 6.92 Å². The van der Waals surface area contributed by atoms with Gasteiger partial charge in [-0.15, -0.1) is 9.35 Å². The van der Waals surface area contributed by atoms with Crippen LogP contribution < -0.4 is 0 Å². The maximum atomic E-state index is 10.8. The highest BCUT2D eigenvalue weighted by Gasteiger charge is 2.27. The summed E-state index contributed by atoms with van der Waals surface area (Å²) in [7, 11) is 0. The van der Waals surface area contributed by atoms with E-state index in [9.17, 15) is 13.8 Å². The van der Waals surface area contributed by atoms with Crippen molar-refractivity contribution in [1.82, 2.24) is 5.06 Å². The van der Waals surface area contributed by atoms with Crippen molar-refractivity contribution in [2.45, 2.75) is 6.92 Å². The molecule has 1 atom stereocenters. The molecule has 6 nitrogen and oxygen atoms in total. The first-order chi connectivity index (χ1) is 6.15. The summed E-state index contributed by atoms with van der Waals surface area (Å²) < 4.78 is 19.7. The second-order valence-electron chi connectivity index (χ2n) is 1.99. The maximum Gasteiger partial charge on any atom is 0.328 e. The molecule has 0 fully saturated rings. The molecule has 13 heavy (non-hydrogen) atoms. The molecule has 0 spiro atoms. The molecular weight excluding hydrogens is 198 g/mol. The third kappa shape index (κ3) is 2.44. The van der Waals surface area contributed by atoms with Crippen LogP contribution in [0.4, 0.5) is 0 Å². The van der Waals surface area contributed by atoms with E-state index < -0.39 is 23.2 Å². The van der Waals surface area contributed by atoms with Crippen LogP contribution in [0.15, 0.2) is 12.2 Å². The fraction of sp³-hybridized carbons (Fsp3) is 0.333. The zero-order valence-electron chi connectivity index (χ0n) is 6.76. The fourth-order valence-electron chi connectivity index (χ4n) is 0.639. The fourth-order valence-corrected chi connectivity index (χ4v) is 1.14. The number of imide groups is 1. The Morgan fingerprint density at radius 3 is 2.38 bits per heavy atom. The van der Waals surface area contributed by atoms with Gasteiger partial charge in [-0.1, -0.05) is 0 Å². The Kier molecular flexibility index (Phi) is 3.29. The number of carbonyl (C=O) groups excluding carboxylic acids is 2. The van der Waals surface area contributed by atoms with Gasteiger partial charge in [-0.05, 0) is 6.92 Å². The van der Waals surface area contributed by atoms with E-state index in [-0.39, 0.29) is 6.61 Å². The molecule has 0 bridgehead atoms. The van der Waals surface area contributed by atoms with Crippen molar-refractivity contribution >= 4 is 23.2 Å². The molecule has 1 aliphatic rings. The van der Waals surface area contributed by atoms with E-state index in [2.05, 4.69) is 8.47 Å². The summed E-state index contributed by atoms with van der Waals surface area (Å²) in [6, 6.07) is 0. The largest absolute Gasteiger partial charge is 0.328 e. The van der Waals surface area contributed by atoms with Gasteiger partial charge >= 0.3 is 11.4 Å². The number of carbonyl (C=O) groups is 2. The second-order valence-corrected chi connectivity index (χ2v) is 2.78. The number of hydroxylamine groups is 2. The molecule has 0 radical (unpaired) electrons. The van der Waals surface area contributed by atoms with Gasteiger partial charge in [0, 0.05) is 12.2 Å². The van der Waals surface area contributed by atoms with Gasteiger partial charge < -0.3 is 0 Å². The lowest BCUT2D eigenvalue weighted by atomic mass is 10.6. The van der Waals surface area contributed by atoms with Gasteiger partial charge in [-0.25, -0.2) is 0 Å². The topological polar surface area (TPSA) is 72.9 Å². The van der Waals surface area contributed by atoms with Crippen LogP contribution in [-0.2, 0) is 29.4 Å². The third-order valence-corrected chi connectivity index (χ3v) is 1.82. The Bertz CT molecular complexity index is 269. The molecule has 0 N–H and O–H groups in total. The molecule has 1 unspecified atom stereocenters. The summed E-state index contributed by atoms with van der Waals surface area (Å²) in [5.41, 5.74) is 0. The zero-order valence-corrected chi connectivity index (χ0v) is 7.58. The average molecular weight is 205 g/mol. The summed E-state index contributed by atoms with van der Waals surface area (Å²) in [6.45, 7) is 1.77. The van der Waals surface area contributed by atoms with Gasteiger partial charge in [0.2, 0.25) is 0 Å². The highest BCUT2D eigenvalue weighted by atomic mass is 32.2. The first-order valence-electron chi connectivity index (χ1n) is 3.44.